The maximum absolute atomic E-state index is 13.3. The summed E-state index contributed by atoms with van der Waals surface area (Å²) in [5.74, 6) is -0.833. The van der Waals surface area contributed by atoms with Crippen LogP contribution in [-0.2, 0) is 17.8 Å². The summed E-state index contributed by atoms with van der Waals surface area (Å²) in [5, 5.41) is 8.47. The Morgan fingerprint density at radius 2 is 1.72 bits per heavy atom. The van der Waals surface area contributed by atoms with Crippen molar-refractivity contribution in [2.45, 2.75) is 33.2 Å². The van der Waals surface area contributed by atoms with E-state index in [1.165, 1.54) is 0 Å². The third-order valence-electron chi connectivity index (χ3n) is 6.04. The Morgan fingerprint density at radius 3 is 2.42 bits per heavy atom. The zero-order valence-corrected chi connectivity index (χ0v) is 20.5. The molecule has 0 fully saturated rings. The van der Waals surface area contributed by atoms with E-state index in [0.29, 0.717) is 12.2 Å². The molecule has 3 aromatic carbocycles. The number of aliphatic carboxylic acids is 1. The van der Waals surface area contributed by atoms with Crippen molar-refractivity contribution >= 4 is 27.9 Å². The molecule has 7 heteroatoms. The van der Waals surface area contributed by atoms with Crippen molar-refractivity contribution in [2.75, 3.05) is 6.54 Å². The van der Waals surface area contributed by atoms with E-state index < -0.39 is 5.97 Å². The van der Waals surface area contributed by atoms with Gasteiger partial charge >= 0.3 is 0 Å². The van der Waals surface area contributed by atoms with E-state index in [0.717, 1.165) is 70.6 Å². The van der Waals surface area contributed by atoms with Crippen LogP contribution in [0.25, 0.3) is 44.3 Å². The largest absolute Gasteiger partial charge is 0.481 e. The number of aromatic nitrogens is 3. The van der Waals surface area contributed by atoms with Crippen LogP contribution in [0, 0.1) is 0 Å². The van der Waals surface area contributed by atoms with Crippen LogP contribution in [0.2, 0.25) is 0 Å². The number of H-pyrrole nitrogens is 1. The maximum atomic E-state index is 13.3. The van der Waals surface area contributed by atoms with Crippen molar-refractivity contribution in [1.29, 1.82) is 0 Å². The number of rotatable bonds is 6. The van der Waals surface area contributed by atoms with Gasteiger partial charge in [-0.15, -0.1) is 0 Å². The van der Waals surface area contributed by atoms with Gasteiger partial charge < -0.3 is 20.4 Å². The van der Waals surface area contributed by atoms with E-state index >= 15 is 0 Å². The lowest BCUT2D eigenvalue weighted by Gasteiger charge is -2.10. The summed E-state index contributed by atoms with van der Waals surface area (Å²) >= 11 is 0. The summed E-state index contributed by atoms with van der Waals surface area (Å²) in [7, 11) is 0. The number of carbonyl (C=O) groups is 1. The molecule has 4 N–H and O–H groups in total. The minimum atomic E-state index is -0.833. The Balaban J connectivity index is 0.000000709. The second-order valence-electron chi connectivity index (χ2n) is 8.52. The van der Waals surface area contributed by atoms with Gasteiger partial charge in [-0.25, -0.2) is 4.98 Å². The van der Waals surface area contributed by atoms with Gasteiger partial charge in [0.05, 0.1) is 11.0 Å². The molecule has 2 heterocycles. The van der Waals surface area contributed by atoms with Crippen LogP contribution in [0.5, 0.6) is 0 Å². The second-order valence-corrected chi connectivity index (χ2v) is 8.52. The van der Waals surface area contributed by atoms with Crippen LogP contribution >= 0.6 is 0 Å². The van der Waals surface area contributed by atoms with Crippen LogP contribution < -0.4 is 11.3 Å². The van der Waals surface area contributed by atoms with E-state index in [1.54, 1.807) is 0 Å². The number of nitrogens with zero attached hydrogens (tertiary/aromatic N) is 2. The summed E-state index contributed by atoms with van der Waals surface area (Å²) in [6, 6.07) is 24.4. The van der Waals surface area contributed by atoms with E-state index in [4.69, 9.17) is 20.6 Å². The Hall–Kier alpha value is -4.23. The normalized spacial score (nSPS) is 10.9. The highest BCUT2D eigenvalue weighted by Crippen LogP contribution is 2.34. The molecule has 184 valence electrons. The average Bonchev–Trinajstić information content (AvgIpc) is 3.20. The molecule has 36 heavy (non-hydrogen) atoms. The molecule has 0 saturated heterocycles. The first-order valence-corrected chi connectivity index (χ1v) is 12.0. The smallest absolute Gasteiger partial charge is 0.300 e. The SMILES string of the molecule is CC(=O)O.CCc1c(-c2nc3ccc(-c4ccccc4)cc3[nH]c2=O)c2ccccc2n1CCCN. The van der Waals surface area contributed by atoms with Gasteiger partial charge in [0.15, 0.2) is 0 Å². The summed E-state index contributed by atoms with van der Waals surface area (Å²) in [6.45, 7) is 4.66. The molecule has 0 saturated carbocycles. The van der Waals surface area contributed by atoms with Gasteiger partial charge in [0.2, 0.25) is 0 Å². The zero-order chi connectivity index (χ0) is 25.7. The van der Waals surface area contributed by atoms with Gasteiger partial charge in [0.1, 0.15) is 5.69 Å². The molecule has 7 nitrogen and oxygen atoms in total. The average molecular weight is 483 g/mol. The Bertz CT molecular complexity index is 1560. The third-order valence-corrected chi connectivity index (χ3v) is 6.04. The van der Waals surface area contributed by atoms with Gasteiger partial charge in [-0.05, 0) is 48.7 Å². The first kappa shape index (κ1) is 24.9. The minimum absolute atomic E-state index is 0.167. The van der Waals surface area contributed by atoms with Crippen molar-refractivity contribution in [2.24, 2.45) is 5.73 Å². The van der Waals surface area contributed by atoms with Crippen molar-refractivity contribution in [3.63, 3.8) is 0 Å². The summed E-state index contributed by atoms with van der Waals surface area (Å²) in [6.07, 6.45) is 1.69. The molecule has 0 radical (unpaired) electrons. The molecule has 0 bridgehead atoms. The van der Waals surface area contributed by atoms with Gasteiger partial charge in [0.25, 0.3) is 11.5 Å². The summed E-state index contributed by atoms with van der Waals surface area (Å²) in [4.78, 5) is 30.2. The molecular formula is C29H30N4O3. The molecule has 0 atom stereocenters. The molecular weight excluding hydrogens is 452 g/mol. The highest BCUT2D eigenvalue weighted by atomic mass is 16.4. The van der Waals surface area contributed by atoms with Crippen molar-refractivity contribution in [1.82, 2.24) is 14.5 Å². The van der Waals surface area contributed by atoms with Gasteiger partial charge in [-0.3, -0.25) is 9.59 Å². The van der Waals surface area contributed by atoms with Crippen molar-refractivity contribution < 1.29 is 9.90 Å². The van der Waals surface area contributed by atoms with E-state index in [1.807, 2.05) is 42.5 Å². The predicted octanol–water partition coefficient (Wildman–Crippen LogP) is 5.21. The zero-order valence-electron chi connectivity index (χ0n) is 20.5. The number of carboxylic acids is 1. The van der Waals surface area contributed by atoms with E-state index in [2.05, 4.69) is 46.8 Å². The van der Waals surface area contributed by atoms with Crippen molar-refractivity contribution in [3.8, 4) is 22.4 Å². The lowest BCUT2D eigenvalue weighted by molar-refractivity contribution is -0.134. The Kier molecular flexibility index (Phi) is 7.61. The highest BCUT2D eigenvalue weighted by molar-refractivity contribution is 5.98. The fraction of sp³-hybridized carbons (Fsp3) is 0.207. The molecule has 0 aliphatic heterocycles. The van der Waals surface area contributed by atoms with Crippen LogP contribution in [0.3, 0.4) is 0 Å². The number of aryl methyl sites for hydroxylation is 1. The number of para-hydroxylation sites is 1. The fourth-order valence-electron chi connectivity index (χ4n) is 4.56. The second kappa shape index (κ2) is 11.0. The van der Waals surface area contributed by atoms with Gasteiger partial charge in [-0.2, -0.15) is 0 Å². The number of fused-ring (bicyclic) bond motifs is 2. The summed E-state index contributed by atoms with van der Waals surface area (Å²) < 4.78 is 2.29. The van der Waals surface area contributed by atoms with E-state index in [9.17, 15) is 4.79 Å². The monoisotopic (exact) mass is 482 g/mol. The van der Waals surface area contributed by atoms with Crippen LogP contribution in [0.4, 0.5) is 0 Å². The number of hydrogen-bond acceptors (Lipinski definition) is 4. The van der Waals surface area contributed by atoms with Crippen LogP contribution in [0.1, 0.15) is 26.0 Å². The van der Waals surface area contributed by atoms with Crippen LogP contribution in [0.15, 0.2) is 77.6 Å². The van der Waals surface area contributed by atoms with Gasteiger partial charge in [0, 0.05) is 35.6 Å². The predicted molar refractivity (Wildman–Crippen MR) is 145 cm³/mol. The third kappa shape index (κ3) is 5.06. The van der Waals surface area contributed by atoms with Gasteiger partial charge in [-0.1, -0.05) is 61.5 Å². The number of aromatic amines is 1. The quantitative estimate of drug-likeness (QED) is 0.307. The van der Waals surface area contributed by atoms with Crippen molar-refractivity contribution in [3.05, 3.63) is 88.8 Å². The van der Waals surface area contributed by atoms with Crippen LogP contribution in [-0.4, -0.2) is 32.2 Å². The Morgan fingerprint density at radius 1 is 1.03 bits per heavy atom. The lowest BCUT2D eigenvalue weighted by Crippen LogP contribution is -2.13. The molecule has 5 aromatic rings. The summed E-state index contributed by atoms with van der Waals surface area (Å²) in [5.41, 5.74) is 12.9. The first-order chi connectivity index (χ1) is 17.4. The number of nitrogens with two attached hydrogens (primary N) is 1. The number of benzene rings is 3. The molecule has 0 unspecified atom stereocenters. The maximum Gasteiger partial charge on any atom is 0.300 e. The number of nitrogens with one attached hydrogen (secondary N) is 1. The fourth-order valence-corrected chi connectivity index (χ4v) is 4.56. The molecule has 0 spiro atoms. The molecule has 0 aliphatic carbocycles. The minimum Gasteiger partial charge on any atom is -0.481 e. The molecule has 0 aliphatic rings. The number of carboxylic acid groups (broad SMARTS) is 1. The Labute approximate surface area is 209 Å². The van der Waals surface area contributed by atoms with E-state index in [-0.39, 0.29) is 5.56 Å². The topological polar surface area (TPSA) is 114 Å². The molecule has 2 aromatic heterocycles. The number of hydrogen-bond donors (Lipinski definition) is 3. The highest BCUT2D eigenvalue weighted by Gasteiger charge is 2.21. The molecule has 5 rings (SSSR count). The molecule has 0 amide bonds. The first-order valence-electron chi connectivity index (χ1n) is 12.0. The standard InChI is InChI=1S/C27H26N4O.C2H4O2/c1-2-23-25(20-11-6-7-12-24(20)31(23)16-8-15-28)26-27(32)30-22-17-19(13-14-21(22)29-26)18-9-4-3-5-10-18;1-2(3)4/h3-7,9-14,17H,2,8,15-16,28H2,1H3,(H,30,32);1H3,(H,3,4). The lowest BCUT2D eigenvalue weighted by atomic mass is 10.0.